The van der Waals surface area contributed by atoms with Crippen LogP contribution in [-0.4, -0.2) is 48.9 Å². The van der Waals surface area contributed by atoms with Gasteiger partial charge in [0.25, 0.3) is 0 Å². The number of ether oxygens (including phenoxy) is 1. The summed E-state index contributed by atoms with van der Waals surface area (Å²) in [5, 5.41) is 26.8. The number of carbonyl (C=O) groups is 2. The summed E-state index contributed by atoms with van der Waals surface area (Å²) in [6, 6.07) is 38.8. The van der Waals surface area contributed by atoms with Crippen LogP contribution in [0.3, 0.4) is 0 Å². The third kappa shape index (κ3) is 6.79. The summed E-state index contributed by atoms with van der Waals surface area (Å²) >= 11 is 0. The van der Waals surface area contributed by atoms with Gasteiger partial charge in [0.15, 0.2) is 0 Å². The van der Waals surface area contributed by atoms with Crippen molar-refractivity contribution >= 4 is 58.4 Å². The van der Waals surface area contributed by atoms with Crippen LogP contribution in [0, 0.1) is 17.8 Å². The summed E-state index contributed by atoms with van der Waals surface area (Å²) in [6.07, 6.45) is 3.48. The first kappa shape index (κ1) is 34.6. The predicted octanol–water partition coefficient (Wildman–Crippen LogP) is 8.26. The fourth-order valence-electron chi connectivity index (χ4n) is 8.57. The third-order valence-corrected chi connectivity index (χ3v) is 10.9. The number of phenols is 1. The molecule has 3 N–H and O–H groups in total. The Morgan fingerprint density at radius 1 is 0.849 bits per heavy atom. The van der Waals surface area contributed by atoms with Crippen LogP contribution in [0.25, 0.3) is 22.4 Å². The number of fused-ring (bicyclic) bond motifs is 4. The van der Waals surface area contributed by atoms with E-state index in [0.29, 0.717) is 31.6 Å². The quantitative estimate of drug-likeness (QED) is 0.0582. The molecule has 266 valence electrons. The van der Waals surface area contributed by atoms with E-state index in [1.54, 1.807) is 25.3 Å². The van der Waals surface area contributed by atoms with Crippen molar-refractivity contribution in [3.8, 4) is 5.75 Å². The van der Waals surface area contributed by atoms with Crippen molar-refractivity contribution in [3.05, 3.63) is 144 Å². The molecule has 0 radical (unpaired) electrons. The smallest absolute Gasteiger partial charge is 0.455 e. The van der Waals surface area contributed by atoms with Crippen molar-refractivity contribution < 1.29 is 29.1 Å². The normalized spacial score (nSPS) is 21.6. The van der Waals surface area contributed by atoms with Gasteiger partial charge in [0.05, 0.1) is 30.2 Å². The van der Waals surface area contributed by atoms with Crippen molar-refractivity contribution in [2.75, 3.05) is 23.9 Å². The lowest BCUT2D eigenvalue weighted by molar-refractivity contribution is -0.122. The van der Waals surface area contributed by atoms with Gasteiger partial charge in [-0.25, -0.2) is 0 Å². The van der Waals surface area contributed by atoms with Crippen LogP contribution < -0.4 is 10.2 Å². The van der Waals surface area contributed by atoms with Gasteiger partial charge in [-0.15, -0.1) is 0 Å². The summed E-state index contributed by atoms with van der Waals surface area (Å²) < 4.78 is 12.0. The minimum Gasteiger partial charge on any atom is -0.507 e. The second kappa shape index (κ2) is 14.9. The lowest BCUT2D eigenvalue weighted by atomic mass is 9.58. The van der Waals surface area contributed by atoms with Crippen LogP contribution in [0.1, 0.15) is 30.4 Å². The molecule has 1 aliphatic carbocycles. The van der Waals surface area contributed by atoms with Gasteiger partial charge in [-0.1, -0.05) is 84.9 Å². The minimum atomic E-state index is -1.08. The number of benzene rings is 5. The fraction of sp³-hybridized carbons (Fsp3) is 0.227. The zero-order valence-corrected chi connectivity index (χ0v) is 29.5. The Labute approximate surface area is 309 Å². The number of hydrogen-bond acceptors (Lipinski definition) is 7. The number of imide groups is 1. The van der Waals surface area contributed by atoms with E-state index < -0.39 is 25.1 Å². The summed E-state index contributed by atoms with van der Waals surface area (Å²) in [6.45, 7) is 0.313. The number of amides is 2. The molecule has 2 saturated heterocycles. The van der Waals surface area contributed by atoms with Gasteiger partial charge >= 0.3 is 7.12 Å². The summed E-state index contributed by atoms with van der Waals surface area (Å²) in [5.41, 5.74) is 7.39. The number of nitrogens with one attached hydrogen (secondary N) is 1. The molecule has 2 amide bonds. The highest BCUT2D eigenvalue weighted by molar-refractivity contribution is 6.43. The largest absolute Gasteiger partial charge is 0.507 e. The van der Waals surface area contributed by atoms with Crippen molar-refractivity contribution in [1.82, 2.24) is 0 Å². The van der Waals surface area contributed by atoms with Crippen molar-refractivity contribution in [2.24, 2.45) is 17.8 Å². The molecule has 5 aromatic carbocycles. The highest BCUT2D eigenvalue weighted by Gasteiger charge is 2.57. The van der Waals surface area contributed by atoms with E-state index in [1.807, 2.05) is 91.0 Å². The lowest BCUT2D eigenvalue weighted by Crippen LogP contribution is -2.46. The van der Waals surface area contributed by atoms with Gasteiger partial charge in [0, 0.05) is 23.9 Å². The Kier molecular flexibility index (Phi) is 9.71. The van der Waals surface area contributed by atoms with Crippen LogP contribution in [0.5, 0.6) is 5.75 Å². The number of hydrogen-bond donors (Lipinski definition) is 3. The molecule has 0 aromatic heterocycles. The fourth-order valence-corrected chi connectivity index (χ4v) is 8.57. The standard InChI is InChI=1S/C44H41BN2O6/c1-52-27-31-25-37-42(44(50)47(43(37)49)34-20-18-33(19-21-34)46-32-12-6-3-7-13-32)38-26-45(51)53-40(41(31)38)23-17-29(28-10-4-2-5-11-28)24-30-16-22-39(48)36-15-9-8-14-35(30)36/h2-16,18-22,24,37-38,40,42,46,48,51H,17,23,25-27H2,1H3/b29-24-/t37-,38+,40-,42-/m1/s1. The zero-order valence-electron chi connectivity index (χ0n) is 29.5. The Morgan fingerprint density at radius 3 is 2.26 bits per heavy atom. The monoisotopic (exact) mass is 704 g/mol. The van der Waals surface area contributed by atoms with Crippen molar-refractivity contribution in [3.63, 3.8) is 0 Å². The van der Waals surface area contributed by atoms with Crippen molar-refractivity contribution in [2.45, 2.75) is 31.7 Å². The molecule has 0 unspecified atom stereocenters. The molecule has 2 heterocycles. The third-order valence-electron chi connectivity index (χ3n) is 10.9. The number of carbonyl (C=O) groups excluding carboxylic acids is 2. The number of para-hydroxylation sites is 1. The number of rotatable bonds is 10. The molecule has 0 spiro atoms. The van der Waals surface area contributed by atoms with Gasteiger partial charge in [-0.05, 0) is 107 Å². The Morgan fingerprint density at radius 2 is 1.53 bits per heavy atom. The molecule has 53 heavy (non-hydrogen) atoms. The van der Waals surface area contributed by atoms with Gasteiger partial charge < -0.3 is 24.8 Å². The average molecular weight is 705 g/mol. The number of phenolic OH excluding ortho intramolecular Hbond substituents is 1. The molecule has 3 aliphatic rings. The molecular weight excluding hydrogens is 663 g/mol. The molecule has 9 heteroatoms. The maximum Gasteiger partial charge on any atom is 0.455 e. The minimum absolute atomic E-state index is 0.218. The summed E-state index contributed by atoms with van der Waals surface area (Å²) in [5.74, 6) is -1.73. The molecule has 0 saturated carbocycles. The second-order valence-corrected chi connectivity index (χ2v) is 14.1. The highest BCUT2D eigenvalue weighted by Crippen LogP contribution is 2.51. The maximum atomic E-state index is 14.3. The number of anilines is 3. The number of allylic oxidation sites excluding steroid dienone is 1. The Hall–Kier alpha value is -5.48. The summed E-state index contributed by atoms with van der Waals surface area (Å²) in [7, 11) is 0.557. The molecule has 2 aliphatic heterocycles. The van der Waals surface area contributed by atoms with E-state index in [9.17, 15) is 19.7 Å². The first-order valence-corrected chi connectivity index (χ1v) is 18.2. The molecule has 8 rings (SSSR count). The van der Waals surface area contributed by atoms with Crippen LogP contribution in [0.4, 0.5) is 17.1 Å². The van der Waals surface area contributed by atoms with Gasteiger partial charge in [-0.3, -0.25) is 14.5 Å². The topological polar surface area (TPSA) is 108 Å². The SMILES string of the molecule is COCC1=C2[C@@H](CC/C(=C/c3ccc(O)c4ccccc34)c3ccccc3)OB(O)C[C@@H]2[C@@H]2C(=O)N(c3ccc(Nc4ccccc4)cc3)C(=O)[C@@H]2C1. The number of methoxy groups -OCH3 is 1. The van der Waals surface area contributed by atoms with Gasteiger partial charge in [0.2, 0.25) is 11.8 Å². The van der Waals surface area contributed by atoms with Crippen LogP contribution in [0.15, 0.2) is 132 Å². The zero-order chi connectivity index (χ0) is 36.5. The number of nitrogens with zero attached hydrogens (tertiary/aromatic N) is 1. The van der Waals surface area contributed by atoms with E-state index in [-0.39, 0.29) is 29.8 Å². The lowest BCUT2D eigenvalue weighted by Gasteiger charge is -2.43. The first-order valence-electron chi connectivity index (χ1n) is 18.2. The number of aromatic hydroxyl groups is 1. The van der Waals surface area contributed by atoms with E-state index >= 15 is 0 Å². The van der Waals surface area contributed by atoms with Crippen molar-refractivity contribution in [1.29, 1.82) is 0 Å². The maximum absolute atomic E-state index is 14.3. The van der Waals surface area contributed by atoms with E-state index in [1.165, 1.54) is 4.90 Å². The van der Waals surface area contributed by atoms with Gasteiger partial charge in [-0.2, -0.15) is 0 Å². The van der Waals surface area contributed by atoms with Gasteiger partial charge in [0.1, 0.15) is 5.75 Å². The van der Waals surface area contributed by atoms with E-state index in [4.69, 9.17) is 9.39 Å². The molecule has 8 nitrogen and oxygen atoms in total. The Bertz CT molecular complexity index is 2200. The first-order chi connectivity index (χ1) is 25.9. The van der Waals surface area contributed by atoms with E-state index in [0.717, 1.165) is 50.0 Å². The highest BCUT2D eigenvalue weighted by atomic mass is 16.5. The molecule has 2 fully saturated rings. The molecule has 5 aromatic rings. The average Bonchev–Trinajstić information content (AvgIpc) is 3.43. The molecule has 4 atom stereocenters. The van der Waals surface area contributed by atoms with Crippen LogP contribution in [-0.2, 0) is 19.0 Å². The van der Waals surface area contributed by atoms with Crippen LogP contribution in [0.2, 0.25) is 6.32 Å². The van der Waals surface area contributed by atoms with Crippen LogP contribution >= 0.6 is 0 Å². The molecule has 0 bridgehead atoms. The molecular formula is C44H41BN2O6. The van der Waals surface area contributed by atoms with E-state index in [2.05, 4.69) is 23.5 Å². The summed E-state index contributed by atoms with van der Waals surface area (Å²) in [4.78, 5) is 29.8. The second-order valence-electron chi connectivity index (χ2n) is 14.1. The predicted molar refractivity (Wildman–Crippen MR) is 209 cm³/mol. The Balaban J connectivity index is 1.09.